The maximum absolute atomic E-state index is 10.7. The summed E-state index contributed by atoms with van der Waals surface area (Å²) in [5.74, 6) is -2.56. The van der Waals surface area contributed by atoms with Gasteiger partial charge in [0.1, 0.15) is 0 Å². The minimum atomic E-state index is -4.59. The van der Waals surface area contributed by atoms with E-state index in [1.165, 1.54) is 6.92 Å². The molecular formula is C10H20N2O10S2. The normalized spacial score (nSPS) is 21.5. The number of hydrogen-bond donors (Lipinski definition) is 4. The van der Waals surface area contributed by atoms with Crippen LogP contribution >= 0.6 is 0 Å². The number of amides is 2. The van der Waals surface area contributed by atoms with Gasteiger partial charge in [-0.25, -0.2) is 0 Å². The summed E-state index contributed by atoms with van der Waals surface area (Å²) in [6, 6.07) is 0. The molecule has 2 heterocycles. The van der Waals surface area contributed by atoms with E-state index in [1.54, 1.807) is 0 Å². The lowest BCUT2D eigenvalue weighted by Gasteiger charge is -2.10. The third-order valence-electron chi connectivity index (χ3n) is 2.65. The van der Waals surface area contributed by atoms with E-state index in [4.69, 9.17) is 19.0 Å². The summed E-state index contributed by atoms with van der Waals surface area (Å²) in [4.78, 5) is 21.2. The van der Waals surface area contributed by atoms with Crippen molar-refractivity contribution < 1.29 is 45.5 Å². The van der Waals surface area contributed by atoms with E-state index >= 15 is 0 Å². The molecule has 0 aromatic rings. The third-order valence-corrected chi connectivity index (χ3v) is 4.47. The molecule has 0 aromatic heterocycles. The van der Waals surface area contributed by atoms with E-state index < -0.39 is 43.7 Å². The number of hydrogen-bond acceptors (Lipinski definition) is 9. The first-order chi connectivity index (χ1) is 10.9. The number of ether oxygens (including phenoxy) is 1. The molecule has 0 spiro atoms. The zero-order valence-corrected chi connectivity index (χ0v) is 14.4. The number of nitrogens with zero attached hydrogens (tertiary/aromatic N) is 1. The first kappa shape index (κ1) is 22.8. The molecule has 2 aliphatic rings. The average Bonchev–Trinajstić information content (AvgIpc) is 2.77. The fraction of sp³-hybridized carbons (Fsp3) is 0.800. The molecule has 2 aliphatic heterocycles. The molecule has 0 aliphatic carbocycles. The fourth-order valence-corrected chi connectivity index (χ4v) is 2.05. The second-order valence-corrected chi connectivity index (χ2v) is 7.82. The van der Waals surface area contributed by atoms with Gasteiger partial charge in [0.25, 0.3) is 32.1 Å². The molecule has 14 heteroatoms. The van der Waals surface area contributed by atoms with Crippen molar-refractivity contribution in [2.24, 2.45) is 0 Å². The van der Waals surface area contributed by atoms with Gasteiger partial charge in [0.2, 0.25) is 0 Å². The predicted molar refractivity (Wildman–Crippen MR) is 79.4 cm³/mol. The molecule has 12 nitrogen and oxygen atoms in total. The van der Waals surface area contributed by atoms with Gasteiger partial charge in [-0.2, -0.15) is 21.9 Å². The average molecular weight is 392 g/mol. The molecule has 2 fully saturated rings. The highest BCUT2D eigenvalue weighted by Gasteiger charge is 2.45. The standard InChI is InChI=1S/C4H5NO6S.C4H9NO.C2H6O3S/c6-3-1-2(12(9,10)11)4(7)5(3)8;1-3-6-4-2-5-1;1-2-6(3,4)5/h2,8H,1H2,(H,9,10,11);5H,1-4H2;2H2,1H3,(H,3,4,5). The van der Waals surface area contributed by atoms with E-state index in [-0.39, 0.29) is 10.8 Å². The Hall–Kier alpha value is -1.16. The monoisotopic (exact) mass is 392 g/mol. The van der Waals surface area contributed by atoms with Crippen molar-refractivity contribution in [1.29, 1.82) is 0 Å². The van der Waals surface area contributed by atoms with Gasteiger partial charge in [0, 0.05) is 13.1 Å². The quantitative estimate of drug-likeness (QED) is 0.229. The Morgan fingerprint density at radius 3 is 1.75 bits per heavy atom. The summed E-state index contributed by atoms with van der Waals surface area (Å²) in [6.45, 7) is 5.20. The van der Waals surface area contributed by atoms with Gasteiger partial charge >= 0.3 is 0 Å². The van der Waals surface area contributed by atoms with Crippen LogP contribution in [0, 0.1) is 0 Å². The van der Waals surface area contributed by atoms with Crippen LogP contribution in [0.4, 0.5) is 0 Å². The summed E-state index contributed by atoms with van der Waals surface area (Å²) in [7, 11) is -8.25. The topological polar surface area (TPSA) is 188 Å². The van der Waals surface area contributed by atoms with Crippen molar-refractivity contribution in [3.8, 4) is 0 Å². The minimum Gasteiger partial charge on any atom is -0.379 e. The summed E-state index contributed by atoms with van der Waals surface area (Å²) in [5, 5.41) is 9.56. The van der Waals surface area contributed by atoms with E-state index in [9.17, 15) is 26.4 Å². The van der Waals surface area contributed by atoms with Crippen LogP contribution in [0.25, 0.3) is 0 Å². The third kappa shape index (κ3) is 9.21. The number of carbonyl (C=O) groups excluding carboxylic acids is 2. The molecule has 2 amide bonds. The summed E-state index contributed by atoms with van der Waals surface area (Å²) >= 11 is 0. The Morgan fingerprint density at radius 1 is 1.17 bits per heavy atom. The zero-order chi connectivity index (χ0) is 19.0. The maximum Gasteiger partial charge on any atom is 0.277 e. The van der Waals surface area contributed by atoms with Gasteiger partial charge in [-0.15, -0.1) is 0 Å². The number of morpholine rings is 1. The number of carbonyl (C=O) groups is 2. The highest BCUT2D eigenvalue weighted by molar-refractivity contribution is 7.87. The molecule has 24 heavy (non-hydrogen) atoms. The minimum absolute atomic E-state index is 0.201. The lowest BCUT2D eigenvalue weighted by atomic mass is 10.4. The van der Waals surface area contributed by atoms with Crippen molar-refractivity contribution in [3.05, 3.63) is 0 Å². The van der Waals surface area contributed by atoms with Crippen LogP contribution in [0.2, 0.25) is 0 Å². The first-order valence-electron chi connectivity index (χ1n) is 6.65. The molecule has 2 saturated heterocycles. The molecule has 0 bridgehead atoms. The lowest BCUT2D eigenvalue weighted by molar-refractivity contribution is -0.171. The number of nitrogens with one attached hydrogen (secondary N) is 1. The Balaban J connectivity index is 0.000000371. The van der Waals surface area contributed by atoms with Crippen LogP contribution < -0.4 is 5.32 Å². The number of imide groups is 1. The van der Waals surface area contributed by atoms with Crippen molar-refractivity contribution in [3.63, 3.8) is 0 Å². The van der Waals surface area contributed by atoms with Gasteiger partial charge in [-0.05, 0) is 6.92 Å². The fourth-order valence-electron chi connectivity index (χ4n) is 1.34. The predicted octanol–water partition coefficient (Wildman–Crippen LogP) is -2.11. The van der Waals surface area contributed by atoms with E-state index in [2.05, 4.69) is 5.32 Å². The lowest BCUT2D eigenvalue weighted by Crippen LogP contribution is -2.32. The van der Waals surface area contributed by atoms with Crippen molar-refractivity contribution in [2.75, 3.05) is 32.1 Å². The largest absolute Gasteiger partial charge is 0.379 e. The molecule has 1 unspecified atom stereocenters. The van der Waals surface area contributed by atoms with Gasteiger partial charge in [0.15, 0.2) is 5.25 Å². The van der Waals surface area contributed by atoms with Crippen molar-refractivity contribution in [2.45, 2.75) is 18.6 Å². The van der Waals surface area contributed by atoms with Crippen molar-refractivity contribution >= 4 is 32.1 Å². The van der Waals surface area contributed by atoms with Crippen LogP contribution in [0.1, 0.15) is 13.3 Å². The van der Waals surface area contributed by atoms with Crippen LogP contribution in [-0.2, 0) is 34.6 Å². The van der Waals surface area contributed by atoms with Gasteiger partial charge in [0.05, 0.1) is 25.4 Å². The number of hydroxylamine groups is 2. The SMILES string of the molecule is C1COCCN1.CCS(=O)(=O)O.O=C1CC(S(=O)(=O)O)C(=O)N1O. The Bertz CT molecular complexity index is 615. The molecule has 0 radical (unpaired) electrons. The Morgan fingerprint density at radius 2 is 1.62 bits per heavy atom. The van der Waals surface area contributed by atoms with Crippen LogP contribution in [-0.4, -0.2) is 85.3 Å². The second kappa shape index (κ2) is 9.97. The first-order valence-corrected chi connectivity index (χ1v) is 9.77. The number of rotatable bonds is 2. The van der Waals surface area contributed by atoms with Crippen molar-refractivity contribution in [1.82, 2.24) is 10.4 Å². The second-order valence-electron chi connectivity index (χ2n) is 4.48. The smallest absolute Gasteiger partial charge is 0.277 e. The maximum atomic E-state index is 10.7. The molecular weight excluding hydrogens is 372 g/mol. The molecule has 142 valence electrons. The zero-order valence-electron chi connectivity index (χ0n) is 12.8. The van der Waals surface area contributed by atoms with Gasteiger partial charge in [-0.1, -0.05) is 0 Å². The summed E-state index contributed by atoms with van der Waals surface area (Å²) in [5.41, 5.74) is 0. The van der Waals surface area contributed by atoms with E-state index in [0.717, 1.165) is 26.3 Å². The van der Waals surface area contributed by atoms with E-state index in [1.807, 2.05) is 0 Å². The highest BCUT2D eigenvalue weighted by Crippen LogP contribution is 2.16. The van der Waals surface area contributed by atoms with Crippen LogP contribution in [0.3, 0.4) is 0 Å². The van der Waals surface area contributed by atoms with Crippen LogP contribution in [0.15, 0.2) is 0 Å². The summed E-state index contributed by atoms with van der Waals surface area (Å²) in [6.07, 6.45) is -0.714. The molecule has 0 saturated carbocycles. The molecule has 1 atom stereocenters. The molecule has 2 rings (SSSR count). The highest BCUT2D eigenvalue weighted by atomic mass is 32.2. The van der Waals surface area contributed by atoms with Gasteiger partial charge in [-0.3, -0.25) is 23.9 Å². The Labute approximate surface area is 139 Å². The van der Waals surface area contributed by atoms with Crippen LogP contribution in [0.5, 0.6) is 0 Å². The molecule has 0 aromatic carbocycles. The van der Waals surface area contributed by atoms with Gasteiger partial charge < -0.3 is 10.1 Å². The summed E-state index contributed by atoms with van der Waals surface area (Å²) < 4.78 is 61.1. The molecule has 4 N–H and O–H groups in total. The van der Waals surface area contributed by atoms with E-state index in [0.29, 0.717) is 0 Å². The Kier molecular flexibility index (Phi) is 9.49.